The van der Waals surface area contributed by atoms with E-state index in [9.17, 15) is 0 Å². The molecule has 1 aliphatic rings. The fourth-order valence-corrected chi connectivity index (χ4v) is 4.63. The molecule has 1 heterocycles. The summed E-state index contributed by atoms with van der Waals surface area (Å²) in [7, 11) is 0. The minimum Gasteiger partial charge on any atom is -0.290 e. The topological polar surface area (TPSA) is 18.5 Å². The summed E-state index contributed by atoms with van der Waals surface area (Å²) in [4.78, 5) is 0. The Bertz CT molecular complexity index is 848. The highest BCUT2D eigenvalue weighted by Crippen LogP contribution is 2.32. The molecule has 1 N–H and O–H groups in total. The summed E-state index contributed by atoms with van der Waals surface area (Å²) in [6, 6.07) is 26.5. The van der Waals surface area contributed by atoms with Crippen LogP contribution in [0.15, 0.2) is 72.8 Å². The summed E-state index contributed by atoms with van der Waals surface area (Å²) in [5.74, 6) is 0.428. The highest BCUT2D eigenvalue weighted by molar-refractivity contribution is 5.58. The molecule has 0 amide bonds. The van der Waals surface area contributed by atoms with Gasteiger partial charge in [0.1, 0.15) is 0 Å². The van der Waals surface area contributed by atoms with E-state index in [0.717, 1.165) is 32.4 Å². The molecule has 0 atom stereocenters. The van der Waals surface area contributed by atoms with Crippen LogP contribution in [0.4, 0.5) is 11.4 Å². The normalized spacial score (nSPS) is 14.9. The number of benzene rings is 3. The Kier molecular flexibility index (Phi) is 6.39. The van der Waals surface area contributed by atoms with Gasteiger partial charge >= 0.3 is 0 Å². The third kappa shape index (κ3) is 4.08. The van der Waals surface area contributed by atoms with Crippen LogP contribution >= 0.6 is 0 Å². The van der Waals surface area contributed by atoms with Gasteiger partial charge in [-0.3, -0.25) is 10.0 Å². The van der Waals surface area contributed by atoms with Crippen LogP contribution in [0.25, 0.3) is 0 Å². The highest BCUT2D eigenvalue weighted by Gasteiger charge is 2.29. The van der Waals surface area contributed by atoms with Gasteiger partial charge in [-0.05, 0) is 53.6 Å². The molecular weight excluding hydrogens is 366 g/mol. The second kappa shape index (κ2) is 9.36. The number of nitrogens with one attached hydrogen (secondary N) is 1. The maximum atomic E-state index is 3.74. The van der Waals surface area contributed by atoms with Gasteiger partial charge in [-0.15, -0.1) is 5.53 Å². The van der Waals surface area contributed by atoms with E-state index in [1.165, 1.54) is 33.6 Å². The van der Waals surface area contributed by atoms with Crippen LogP contribution in [0.1, 0.15) is 48.9 Å². The smallest absolute Gasteiger partial charge is 0.0569 e. The molecule has 3 nitrogen and oxygen atoms in total. The molecule has 0 radical (unpaired) electrons. The average molecular weight is 400 g/mol. The Morgan fingerprint density at radius 2 is 1.07 bits per heavy atom. The Labute approximate surface area is 181 Å². The zero-order valence-electron chi connectivity index (χ0n) is 18.4. The molecule has 4 rings (SSSR count). The van der Waals surface area contributed by atoms with Crippen molar-refractivity contribution in [3.05, 3.63) is 95.1 Å². The first-order valence-electron chi connectivity index (χ1n) is 11.3. The van der Waals surface area contributed by atoms with Gasteiger partial charge < -0.3 is 0 Å². The van der Waals surface area contributed by atoms with E-state index >= 15 is 0 Å². The van der Waals surface area contributed by atoms with Gasteiger partial charge in [-0.25, -0.2) is 0 Å². The number of rotatable bonds is 6. The molecule has 0 aliphatic carbocycles. The van der Waals surface area contributed by atoms with Crippen LogP contribution < -0.4 is 15.6 Å². The number of hydrazine groups is 2. The van der Waals surface area contributed by atoms with Crippen LogP contribution in [0, 0.1) is 0 Å². The molecule has 1 saturated heterocycles. The lowest BCUT2D eigenvalue weighted by Crippen LogP contribution is -2.59. The minimum absolute atomic E-state index is 0.428. The van der Waals surface area contributed by atoms with E-state index in [1.54, 1.807) is 0 Å². The molecule has 30 heavy (non-hydrogen) atoms. The van der Waals surface area contributed by atoms with Crippen molar-refractivity contribution in [3.63, 3.8) is 0 Å². The zero-order chi connectivity index (χ0) is 20.9. The highest BCUT2D eigenvalue weighted by atomic mass is 15.8. The molecular formula is C27H33N3. The van der Waals surface area contributed by atoms with Gasteiger partial charge in [0.15, 0.2) is 0 Å². The van der Waals surface area contributed by atoms with Gasteiger partial charge in [-0.1, -0.05) is 81.4 Å². The molecule has 3 aromatic carbocycles. The summed E-state index contributed by atoms with van der Waals surface area (Å²) in [5, 5.41) is 4.71. The standard InChI is InChI=1S/C27H33N3/c1-4-21-13-7-10-16-25(21)24-19-29(26-17-11-8-14-22(26)5-2)28-30(20-24)27-18-12-9-15-23(27)6-3/h7-18,24,28H,4-6,19-20H2,1-3H3. The average Bonchev–Trinajstić information content (AvgIpc) is 2.83. The van der Waals surface area contributed by atoms with Crippen LogP contribution in [-0.4, -0.2) is 13.1 Å². The van der Waals surface area contributed by atoms with Crippen molar-refractivity contribution >= 4 is 11.4 Å². The molecule has 0 bridgehead atoms. The van der Waals surface area contributed by atoms with E-state index in [-0.39, 0.29) is 0 Å². The molecule has 0 saturated carbocycles. The van der Waals surface area contributed by atoms with E-state index in [4.69, 9.17) is 0 Å². The lowest BCUT2D eigenvalue weighted by atomic mass is 9.91. The third-order valence-corrected chi connectivity index (χ3v) is 6.25. The number of hydrogen-bond donors (Lipinski definition) is 1. The van der Waals surface area contributed by atoms with Crippen molar-refractivity contribution < 1.29 is 0 Å². The van der Waals surface area contributed by atoms with Crippen LogP contribution in [-0.2, 0) is 19.3 Å². The number of hydrogen-bond acceptors (Lipinski definition) is 3. The lowest BCUT2D eigenvalue weighted by Gasteiger charge is -2.44. The first kappa shape index (κ1) is 20.5. The van der Waals surface area contributed by atoms with Crippen LogP contribution in [0.5, 0.6) is 0 Å². The molecule has 1 aliphatic heterocycles. The van der Waals surface area contributed by atoms with Gasteiger partial charge in [0.25, 0.3) is 0 Å². The van der Waals surface area contributed by atoms with Gasteiger partial charge in [0, 0.05) is 19.0 Å². The molecule has 156 valence electrons. The summed E-state index contributed by atoms with van der Waals surface area (Å²) in [6.45, 7) is 8.64. The Balaban J connectivity index is 1.76. The van der Waals surface area contributed by atoms with Gasteiger partial charge in [-0.2, -0.15) is 0 Å². The maximum Gasteiger partial charge on any atom is 0.0569 e. The van der Waals surface area contributed by atoms with Crippen molar-refractivity contribution in [2.24, 2.45) is 0 Å². The van der Waals surface area contributed by atoms with Crippen molar-refractivity contribution in [2.75, 3.05) is 23.1 Å². The van der Waals surface area contributed by atoms with Gasteiger partial charge in [0.2, 0.25) is 0 Å². The summed E-state index contributed by atoms with van der Waals surface area (Å²) >= 11 is 0. The first-order chi connectivity index (χ1) is 14.7. The van der Waals surface area contributed by atoms with Crippen molar-refractivity contribution in [3.8, 4) is 0 Å². The molecule has 0 unspecified atom stereocenters. The Morgan fingerprint density at radius 3 is 1.57 bits per heavy atom. The fourth-order valence-electron chi connectivity index (χ4n) is 4.63. The maximum absolute atomic E-state index is 3.74. The van der Waals surface area contributed by atoms with E-state index in [1.807, 2.05) is 0 Å². The largest absolute Gasteiger partial charge is 0.290 e. The Morgan fingerprint density at radius 1 is 0.633 bits per heavy atom. The number of anilines is 2. The zero-order valence-corrected chi connectivity index (χ0v) is 18.4. The second-order valence-electron chi connectivity index (χ2n) is 8.04. The number of nitrogens with zero attached hydrogens (tertiary/aromatic N) is 2. The quantitative estimate of drug-likeness (QED) is 0.556. The molecule has 3 aromatic rings. The predicted molar refractivity (Wildman–Crippen MR) is 128 cm³/mol. The SMILES string of the molecule is CCc1ccccc1C1CN(c2ccccc2CC)NN(c2ccccc2CC)C1. The summed E-state index contributed by atoms with van der Waals surface area (Å²) < 4.78 is 0. The lowest BCUT2D eigenvalue weighted by molar-refractivity contribution is 0.454. The number of aryl methyl sites for hydroxylation is 3. The third-order valence-electron chi connectivity index (χ3n) is 6.25. The van der Waals surface area contributed by atoms with Crippen LogP contribution in [0.3, 0.4) is 0 Å². The van der Waals surface area contributed by atoms with Crippen molar-refractivity contribution in [1.29, 1.82) is 0 Å². The minimum atomic E-state index is 0.428. The first-order valence-corrected chi connectivity index (χ1v) is 11.3. The van der Waals surface area contributed by atoms with Crippen LogP contribution in [0.2, 0.25) is 0 Å². The second-order valence-corrected chi connectivity index (χ2v) is 8.04. The Hall–Kier alpha value is -2.78. The fraction of sp³-hybridized carbons (Fsp3) is 0.333. The molecule has 0 spiro atoms. The van der Waals surface area contributed by atoms with Crippen molar-refractivity contribution in [2.45, 2.75) is 46.0 Å². The summed E-state index contributed by atoms with van der Waals surface area (Å²) in [5.41, 5.74) is 12.0. The summed E-state index contributed by atoms with van der Waals surface area (Å²) in [6.07, 6.45) is 3.11. The van der Waals surface area contributed by atoms with E-state index in [0.29, 0.717) is 5.92 Å². The van der Waals surface area contributed by atoms with Crippen molar-refractivity contribution in [1.82, 2.24) is 5.53 Å². The number of para-hydroxylation sites is 2. The molecule has 3 heteroatoms. The van der Waals surface area contributed by atoms with E-state index in [2.05, 4.69) is 109 Å². The van der Waals surface area contributed by atoms with Gasteiger partial charge in [0.05, 0.1) is 11.4 Å². The molecule has 0 aromatic heterocycles. The predicted octanol–water partition coefficient (Wildman–Crippen LogP) is 5.90. The molecule has 1 fully saturated rings. The monoisotopic (exact) mass is 399 g/mol. The van der Waals surface area contributed by atoms with E-state index < -0.39 is 0 Å².